The van der Waals surface area contributed by atoms with Crippen LogP contribution in [-0.4, -0.2) is 17.2 Å². The summed E-state index contributed by atoms with van der Waals surface area (Å²) in [6, 6.07) is 31.4. The highest BCUT2D eigenvalue weighted by Gasteiger charge is 2.53. The predicted octanol–water partition coefficient (Wildman–Crippen LogP) is 8.09. The standard InChI is InChI=1S/C32H27ClN2O2/c1-31(2)20-32(3,21-12-14-22(33)15-13-21)27-11-7-10-26-28(30(36)35(31)29(26)27)34-23-16-18-25(19-17-23)37-24-8-5-4-6-9-24/h4-19H,20H2,1-3H3/t32-/m1/s1. The van der Waals surface area contributed by atoms with Crippen molar-refractivity contribution in [3.05, 3.63) is 119 Å². The molecule has 0 N–H and O–H groups in total. The molecule has 0 unspecified atom stereocenters. The first-order valence-corrected chi connectivity index (χ1v) is 12.8. The van der Waals surface area contributed by atoms with E-state index in [0.29, 0.717) is 16.4 Å². The summed E-state index contributed by atoms with van der Waals surface area (Å²) in [6.45, 7) is 6.53. The Hall–Kier alpha value is -3.89. The van der Waals surface area contributed by atoms with Crippen LogP contribution in [0.1, 0.15) is 43.9 Å². The van der Waals surface area contributed by atoms with E-state index in [-0.39, 0.29) is 11.3 Å². The molecular formula is C32H27ClN2O2. The molecule has 4 aromatic rings. The number of carbonyl (C=O) groups is 1. The zero-order valence-electron chi connectivity index (χ0n) is 21.0. The van der Waals surface area contributed by atoms with E-state index < -0.39 is 5.54 Å². The molecule has 5 heteroatoms. The van der Waals surface area contributed by atoms with E-state index in [1.807, 2.05) is 83.8 Å². The number of para-hydroxylation sites is 2. The largest absolute Gasteiger partial charge is 0.457 e. The number of ether oxygens (including phenoxy) is 1. The molecular weight excluding hydrogens is 480 g/mol. The molecule has 4 aromatic carbocycles. The Kier molecular flexibility index (Phi) is 5.46. The minimum atomic E-state index is -0.404. The topological polar surface area (TPSA) is 41.9 Å². The number of anilines is 1. The van der Waals surface area contributed by atoms with Crippen molar-refractivity contribution < 1.29 is 9.53 Å². The normalized spacial score (nSPS) is 20.7. The lowest BCUT2D eigenvalue weighted by Crippen LogP contribution is -2.54. The molecule has 2 aliphatic heterocycles. The zero-order chi connectivity index (χ0) is 25.8. The monoisotopic (exact) mass is 506 g/mol. The van der Waals surface area contributed by atoms with Crippen LogP contribution in [0, 0.1) is 0 Å². The van der Waals surface area contributed by atoms with Gasteiger partial charge in [0.2, 0.25) is 0 Å². The average Bonchev–Trinajstić information content (AvgIpc) is 3.17. The summed E-state index contributed by atoms with van der Waals surface area (Å²) < 4.78 is 5.91. The number of nitrogens with zero attached hydrogens (tertiary/aromatic N) is 2. The molecule has 1 amide bonds. The number of rotatable bonds is 4. The Morgan fingerprint density at radius 1 is 0.811 bits per heavy atom. The van der Waals surface area contributed by atoms with Crippen LogP contribution in [0.15, 0.2) is 102 Å². The van der Waals surface area contributed by atoms with Gasteiger partial charge in [0.15, 0.2) is 0 Å². The van der Waals surface area contributed by atoms with E-state index in [0.717, 1.165) is 34.7 Å². The zero-order valence-corrected chi connectivity index (χ0v) is 21.8. The Bertz CT molecular complexity index is 1530. The number of hydrogen-bond acceptors (Lipinski definition) is 3. The van der Waals surface area contributed by atoms with E-state index in [2.05, 4.69) is 39.0 Å². The molecule has 0 spiro atoms. The van der Waals surface area contributed by atoms with Gasteiger partial charge in [-0.1, -0.05) is 67.1 Å². The lowest BCUT2D eigenvalue weighted by Gasteiger charge is -2.49. The van der Waals surface area contributed by atoms with Crippen molar-refractivity contribution in [2.45, 2.75) is 38.1 Å². The highest BCUT2D eigenvalue weighted by Crippen LogP contribution is 2.54. The van der Waals surface area contributed by atoms with E-state index in [1.165, 1.54) is 5.56 Å². The second-order valence-electron chi connectivity index (χ2n) is 10.5. The third-order valence-electron chi connectivity index (χ3n) is 7.44. The van der Waals surface area contributed by atoms with Gasteiger partial charge in [-0.3, -0.25) is 4.79 Å². The molecule has 4 nitrogen and oxygen atoms in total. The fourth-order valence-electron chi connectivity index (χ4n) is 5.89. The number of amides is 1. The van der Waals surface area contributed by atoms with Gasteiger partial charge in [-0.15, -0.1) is 0 Å². The first-order chi connectivity index (χ1) is 17.8. The maximum Gasteiger partial charge on any atom is 0.278 e. The molecule has 0 saturated carbocycles. The van der Waals surface area contributed by atoms with Gasteiger partial charge in [0, 0.05) is 21.5 Å². The lowest BCUT2D eigenvalue weighted by molar-refractivity contribution is -0.113. The van der Waals surface area contributed by atoms with Crippen LogP contribution in [-0.2, 0) is 10.2 Å². The molecule has 0 radical (unpaired) electrons. The van der Waals surface area contributed by atoms with Crippen LogP contribution in [0.3, 0.4) is 0 Å². The summed E-state index contributed by atoms with van der Waals surface area (Å²) in [4.78, 5) is 20.6. The smallest absolute Gasteiger partial charge is 0.278 e. The first kappa shape index (κ1) is 23.5. The molecule has 2 aliphatic rings. The number of hydrogen-bond donors (Lipinski definition) is 0. The molecule has 0 saturated heterocycles. The van der Waals surface area contributed by atoms with Crippen LogP contribution >= 0.6 is 11.6 Å². The molecule has 6 rings (SSSR count). The van der Waals surface area contributed by atoms with Crippen LogP contribution in [0.25, 0.3) is 0 Å². The van der Waals surface area contributed by atoms with Crippen molar-refractivity contribution in [1.29, 1.82) is 0 Å². The van der Waals surface area contributed by atoms with Gasteiger partial charge in [-0.25, -0.2) is 4.99 Å². The highest BCUT2D eigenvalue weighted by atomic mass is 35.5. The van der Waals surface area contributed by atoms with E-state index in [4.69, 9.17) is 21.3 Å². The van der Waals surface area contributed by atoms with Gasteiger partial charge < -0.3 is 9.64 Å². The number of halogens is 1. The van der Waals surface area contributed by atoms with E-state index in [1.54, 1.807) is 0 Å². The minimum Gasteiger partial charge on any atom is -0.457 e. The SMILES string of the molecule is CC1(C)C[C@](C)(c2ccc(Cl)cc2)c2cccc3c2N1C(=O)C3=Nc1ccc(Oc2ccccc2)cc1. The molecule has 0 aliphatic carbocycles. The average molecular weight is 507 g/mol. The molecule has 184 valence electrons. The number of benzene rings is 4. The minimum absolute atomic E-state index is 0.0600. The van der Waals surface area contributed by atoms with Crippen LogP contribution in [0.5, 0.6) is 11.5 Å². The second kappa shape index (κ2) is 8.60. The second-order valence-corrected chi connectivity index (χ2v) is 11.0. The van der Waals surface area contributed by atoms with Crippen LogP contribution in [0.4, 0.5) is 11.4 Å². The molecule has 0 fully saturated rings. The fraction of sp³-hybridized carbons (Fsp3) is 0.188. The maximum absolute atomic E-state index is 13.9. The van der Waals surface area contributed by atoms with Gasteiger partial charge in [0.05, 0.1) is 11.4 Å². The summed E-state index contributed by atoms with van der Waals surface area (Å²) in [5.74, 6) is 1.43. The quantitative estimate of drug-likeness (QED) is 0.280. The maximum atomic E-state index is 13.9. The van der Waals surface area contributed by atoms with Crippen molar-refractivity contribution in [2.24, 2.45) is 4.99 Å². The van der Waals surface area contributed by atoms with Crippen molar-refractivity contribution in [1.82, 2.24) is 0 Å². The summed E-state index contributed by atoms with van der Waals surface area (Å²) in [5, 5.41) is 0.715. The van der Waals surface area contributed by atoms with Gasteiger partial charge >= 0.3 is 0 Å². The third kappa shape index (κ3) is 3.93. The Morgan fingerprint density at radius 2 is 1.49 bits per heavy atom. The third-order valence-corrected chi connectivity index (χ3v) is 7.70. The van der Waals surface area contributed by atoms with E-state index >= 15 is 0 Å². The molecule has 2 heterocycles. The lowest BCUT2D eigenvalue weighted by atomic mass is 9.65. The molecule has 0 aromatic heterocycles. The van der Waals surface area contributed by atoms with E-state index in [9.17, 15) is 4.79 Å². The Morgan fingerprint density at radius 3 is 2.19 bits per heavy atom. The van der Waals surface area contributed by atoms with Gasteiger partial charge in [-0.05, 0) is 79.9 Å². The van der Waals surface area contributed by atoms with Crippen molar-refractivity contribution in [3.8, 4) is 11.5 Å². The van der Waals surface area contributed by atoms with Crippen LogP contribution < -0.4 is 9.64 Å². The van der Waals surface area contributed by atoms with Crippen molar-refractivity contribution in [2.75, 3.05) is 4.90 Å². The van der Waals surface area contributed by atoms with Crippen LogP contribution in [0.2, 0.25) is 5.02 Å². The van der Waals surface area contributed by atoms with Gasteiger partial charge in [0.1, 0.15) is 17.2 Å². The molecule has 37 heavy (non-hydrogen) atoms. The van der Waals surface area contributed by atoms with Gasteiger partial charge in [-0.2, -0.15) is 0 Å². The Balaban J connectivity index is 1.41. The summed E-state index contributed by atoms with van der Waals surface area (Å²) in [7, 11) is 0. The molecule has 0 bridgehead atoms. The Labute approximate surface area is 222 Å². The van der Waals surface area contributed by atoms with Crippen molar-refractivity contribution in [3.63, 3.8) is 0 Å². The summed E-state index contributed by atoms with van der Waals surface area (Å²) in [5.41, 5.74) is 4.66. The first-order valence-electron chi connectivity index (χ1n) is 12.4. The fourth-order valence-corrected chi connectivity index (χ4v) is 6.01. The number of carbonyl (C=O) groups excluding carboxylic acids is 1. The summed E-state index contributed by atoms with van der Waals surface area (Å²) >= 11 is 6.20. The van der Waals surface area contributed by atoms with Gasteiger partial charge in [0.25, 0.3) is 5.91 Å². The highest BCUT2D eigenvalue weighted by molar-refractivity contribution is 6.55. The van der Waals surface area contributed by atoms with Crippen molar-refractivity contribution >= 4 is 34.6 Å². The number of aliphatic imine (C=N–C) groups is 1. The predicted molar refractivity (Wildman–Crippen MR) is 150 cm³/mol. The summed E-state index contributed by atoms with van der Waals surface area (Å²) in [6.07, 6.45) is 0.780. The molecule has 1 atom stereocenters.